The van der Waals surface area contributed by atoms with Crippen LogP contribution in [0.1, 0.15) is 12.5 Å². The molecule has 0 fully saturated rings. The number of benzene rings is 2. The molecule has 8 heteroatoms. The summed E-state index contributed by atoms with van der Waals surface area (Å²) in [6.07, 6.45) is 0.997. The van der Waals surface area contributed by atoms with E-state index in [1.807, 2.05) is 35.1 Å². The van der Waals surface area contributed by atoms with Crippen molar-refractivity contribution in [2.24, 2.45) is 0 Å². The van der Waals surface area contributed by atoms with E-state index in [0.717, 1.165) is 6.26 Å². The SMILES string of the molecule is CC(=O)N[C@@H](Cc1cccc(Oc2ccccc2)c1)C(=O)NS(C)(=O)=O. The van der Waals surface area contributed by atoms with Crippen LogP contribution in [0.3, 0.4) is 0 Å². The summed E-state index contributed by atoms with van der Waals surface area (Å²) in [5.74, 6) is 0.00379. The molecule has 0 radical (unpaired) electrons. The first-order chi connectivity index (χ1) is 12.2. The van der Waals surface area contributed by atoms with Crippen LogP contribution in [0.2, 0.25) is 0 Å². The predicted molar refractivity (Wildman–Crippen MR) is 97.3 cm³/mol. The van der Waals surface area contributed by atoms with E-state index >= 15 is 0 Å². The van der Waals surface area contributed by atoms with E-state index in [1.54, 1.807) is 24.3 Å². The number of hydrogen-bond acceptors (Lipinski definition) is 5. The lowest BCUT2D eigenvalue weighted by molar-refractivity contribution is -0.126. The summed E-state index contributed by atoms with van der Waals surface area (Å²) in [6.45, 7) is 1.26. The fraction of sp³-hybridized carbons (Fsp3) is 0.222. The molecule has 2 amide bonds. The van der Waals surface area contributed by atoms with Crippen molar-refractivity contribution in [2.75, 3.05) is 6.26 Å². The predicted octanol–water partition coefficient (Wildman–Crippen LogP) is 1.60. The van der Waals surface area contributed by atoms with Gasteiger partial charge in [-0.15, -0.1) is 0 Å². The van der Waals surface area contributed by atoms with Gasteiger partial charge in [-0.05, 0) is 29.8 Å². The molecule has 0 saturated heterocycles. The molecular weight excluding hydrogens is 356 g/mol. The summed E-state index contributed by atoms with van der Waals surface area (Å²) in [5, 5.41) is 2.46. The van der Waals surface area contributed by atoms with Crippen LogP contribution in [-0.4, -0.2) is 32.5 Å². The summed E-state index contributed by atoms with van der Waals surface area (Å²) in [5.41, 5.74) is 0.709. The third-order valence-corrected chi connectivity index (χ3v) is 3.87. The highest BCUT2D eigenvalue weighted by Gasteiger charge is 2.22. The molecule has 2 N–H and O–H groups in total. The average Bonchev–Trinajstić information content (AvgIpc) is 2.53. The molecule has 0 bridgehead atoms. The van der Waals surface area contributed by atoms with Crippen LogP contribution in [0.4, 0.5) is 0 Å². The monoisotopic (exact) mass is 376 g/mol. The fourth-order valence-electron chi connectivity index (χ4n) is 2.30. The molecule has 0 aliphatic heterocycles. The third kappa shape index (κ3) is 6.56. The van der Waals surface area contributed by atoms with Gasteiger partial charge in [0.05, 0.1) is 6.26 Å². The van der Waals surface area contributed by atoms with E-state index in [0.29, 0.717) is 17.1 Å². The molecule has 2 rings (SSSR count). The van der Waals surface area contributed by atoms with Crippen molar-refractivity contribution in [3.8, 4) is 11.5 Å². The zero-order valence-electron chi connectivity index (χ0n) is 14.4. The Morgan fingerprint density at radius 2 is 1.69 bits per heavy atom. The van der Waals surface area contributed by atoms with Gasteiger partial charge in [0.1, 0.15) is 17.5 Å². The van der Waals surface area contributed by atoms with E-state index in [-0.39, 0.29) is 6.42 Å². The van der Waals surface area contributed by atoms with Crippen molar-refractivity contribution >= 4 is 21.8 Å². The van der Waals surface area contributed by atoms with Gasteiger partial charge in [0.25, 0.3) is 5.91 Å². The molecule has 2 aromatic rings. The maximum absolute atomic E-state index is 12.1. The Kier molecular flexibility index (Phi) is 6.35. The van der Waals surface area contributed by atoms with Gasteiger partial charge in [-0.25, -0.2) is 8.42 Å². The molecule has 0 spiro atoms. The van der Waals surface area contributed by atoms with Crippen molar-refractivity contribution in [3.63, 3.8) is 0 Å². The normalized spacial score (nSPS) is 12.1. The van der Waals surface area contributed by atoms with Gasteiger partial charge in [-0.3, -0.25) is 14.3 Å². The highest BCUT2D eigenvalue weighted by molar-refractivity contribution is 7.89. The Morgan fingerprint density at radius 1 is 1.04 bits per heavy atom. The smallest absolute Gasteiger partial charge is 0.256 e. The van der Waals surface area contributed by atoms with Gasteiger partial charge >= 0.3 is 0 Å². The molecule has 2 aromatic carbocycles. The van der Waals surface area contributed by atoms with E-state index in [2.05, 4.69) is 5.32 Å². The number of nitrogens with one attached hydrogen (secondary N) is 2. The summed E-state index contributed by atoms with van der Waals surface area (Å²) in [7, 11) is -3.72. The van der Waals surface area contributed by atoms with Gasteiger partial charge in [0, 0.05) is 13.3 Å². The molecule has 0 heterocycles. The van der Waals surface area contributed by atoms with Crippen LogP contribution in [0.5, 0.6) is 11.5 Å². The van der Waals surface area contributed by atoms with Gasteiger partial charge in [0.15, 0.2) is 0 Å². The Hall–Kier alpha value is -2.87. The zero-order valence-corrected chi connectivity index (χ0v) is 15.2. The molecule has 7 nitrogen and oxygen atoms in total. The quantitative estimate of drug-likeness (QED) is 0.764. The maximum atomic E-state index is 12.1. The molecule has 0 saturated carbocycles. The summed E-state index contributed by atoms with van der Waals surface area (Å²) in [6, 6.07) is 15.2. The van der Waals surface area contributed by atoms with Crippen molar-refractivity contribution < 1.29 is 22.7 Å². The first-order valence-electron chi connectivity index (χ1n) is 7.83. The standard InChI is InChI=1S/C18H20N2O5S/c1-13(21)19-17(18(22)20-26(2,23)24)12-14-7-6-10-16(11-14)25-15-8-4-3-5-9-15/h3-11,17H,12H2,1-2H3,(H,19,21)(H,20,22)/t17-/m0/s1. The zero-order chi connectivity index (χ0) is 19.2. The van der Waals surface area contributed by atoms with Crippen LogP contribution in [0.25, 0.3) is 0 Å². The number of hydrogen-bond donors (Lipinski definition) is 2. The number of ether oxygens (including phenoxy) is 1. The van der Waals surface area contributed by atoms with E-state index in [4.69, 9.17) is 4.74 Å². The molecule has 1 atom stereocenters. The first kappa shape index (κ1) is 19.5. The Labute approximate surface area is 152 Å². The van der Waals surface area contributed by atoms with Crippen molar-refractivity contribution in [2.45, 2.75) is 19.4 Å². The van der Waals surface area contributed by atoms with Crippen LogP contribution < -0.4 is 14.8 Å². The largest absolute Gasteiger partial charge is 0.457 e. The van der Waals surface area contributed by atoms with Crippen molar-refractivity contribution in [3.05, 3.63) is 60.2 Å². The second kappa shape index (κ2) is 8.48. The van der Waals surface area contributed by atoms with Crippen LogP contribution in [-0.2, 0) is 26.0 Å². The Balaban J connectivity index is 2.15. The lowest BCUT2D eigenvalue weighted by atomic mass is 10.1. The summed E-state index contributed by atoms with van der Waals surface area (Å²) in [4.78, 5) is 23.5. The number of rotatable bonds is 7. The molecule has 0 unspecified atom stereocenters. The first-order valence-corrected chi connectivity index (χ1v) is 9.72. The minimum atomic E-state index is -3.72. The van der Waals surface area contributed by atoms with Crippen LogP contribution >= 0.6 is 0 Å². The van der Waals surface area contributed by atoms with Crippen LogP contribution in [0, 0.1) is 0 Å². The lowest BCUT2D eigenvalue weighted by Crippen LogP contribution is -2.48. The van der Waals surface area contributed by atoms with E-state index in [9.17, 15) is 18.0 Å². The Morgan fingerprint density at radius 3 is 2.31 bits per heavy atom. The highest BCUT2D eigenvalue weighted by Crippen LogP contribution is 2.22. The lowest BCUT2D eigenvalue weighted by Gasteiger charge is -2.17. The molecule has 138 valence electrons. The van der Waals surface area contributed by atoms with E-state index in [1.165, 1.54) is 6.92 Å². The third-order valence-electron chi connectivity index (χ3n) is 3.30. The number of carbonyl (C=O) groups is 2. The van der Waals surface area contributed by atoms with Gasteiger partial charge in [-0.2, -0.15) is 0 Å². The number of para-hydroxylation sites is 1. The van der Waals surface area contributed by atoms with Crippen LogP contribution in [0.15, 0.2) is 54.6 Å². The molecular formula is C18H20N2O5S. The van der Waals surface area contributed by atoms with Gasteiger partial charge in [-0.1, -0.05) is 30.3 Å². The topological polar surface area (TPSA) is 102 Å². The van der Waals surface area contributed by atoms with E-state index < -0.39 is 27.9 Å². The molecule has 26 heavy (non-hydrogen) atoms. The highest BCUT2D eigenvalue weighted by atomic mass is 32.2. The second-order valence-corrected chi connectivity index (χ2v) is 7.51. The van der Waals surface area contributed by atoms with Crippen molar-refractivity contribution in [1.82, 2.24) is 10.0 Å². The van der Waals surface area contributed by atoms with Gasteiger partial charge in [0.2, 0.25) is 15.9 Å². The minimum absolute atomic E-state index is 0.118. The second-order valence-electron chi connectivity index (χ2n) is 5.76. The average molecular weight is 376 g/mol. The number of sulfonamides is 1. The number of amides is 2. The summed E-state index contributed by atoms with van der Waals surface area (Å²) >= 11 is 0. The fourth-order valence-corrected chi connectivity index (χ4v) is 2.81. The summed E-state index contributed by atoms with van der Waals surface area (Å²) < 4.78 is 30.2. The van der Waals surface area contributed by atoms with Gasteiger partial charge < -0.3 is 10.1 Å². The molecule has 0 aromatic heterocycles. The Bertz CT molecular complexity index is 881. The molecule has 0 aliphatic carbocycles. The van der Waals surface area contributed by atoms with Crippen molar-refractivity contribution in [1.29, 1.82) is 0 Å². The maximum Gasteiger partial charge on any atom is 0.256 e. The number of carbonyl (C=O) groups excluding carboxylic acids is 2. The minimum Gasteiger partial charge on any atom is -0.457 e. The molecule has 0 aliphatic rings.